The van der Waals surface area contributed by atoms with Crippen molar-refractivity contribution in [2.75, 3.05) is 19.6 Å². The fourth-order valence-corrected chi connectivity index (χ4v) is 3.48. The SMILES string of the molecule is Clc1ccc(C[N+]23CCC(CC2)CC3)cc1. The minimum absolute atomic E-state index is 0.848. The van der Waals surface area contributed by atoms with Crippen molar-refractivity contribution < 1.29 is 4.48 Å². The molecule has 0 N–H and O–H groups in total. The van der Waals surface area contributed by atoms with E-state index in [1.807, 2.05) is 12.1 Å². The molecule has 3 aliphatic heterocycles. The summed E-state index contributed by atoms with van der Waals surface area (Å²) in [5.41, 5.74) is 1.45. The number of rotatable bonds is 2. The van der Waals surface area contributed by atoms with E-state index >= 15 is 0 Å². The van der Waals surface area contributed by atoms with Gasteiger partial charge >= 0.3 is 0 Å². The highest BCUT2D eigenvalue weighted by Crippen LogP contribution is 2.35. The Bertz CT molecular complexity index is 349. The van der Waals surface area contributed by atoms with Crippen LogP contribution in [0.5, 0.6) is 0 Å². The molecule has 16 heavy (non-hydrogen) atoms. The molecule has 4 rings (SSSR count). The molecule has 3 aliphatic rings. The number of hydrogen-bond donors (Lipinski definition) is 0. The normalized spacial score (nSPS) is 32.9. The van der Waals surface area contributed by atoms with E-state index in [1.165, 1.54) is 55.5 Å². The Morgan fingerprint density at radius 3 is 2.12 bits per heavy atom. The summed E-state index contributed by atoms with van der Waals surface area (Å²) in [6, 6.07) is 8.42. The molecular formula is C14H19ClN+. The van der Waals surface area contributed by atoms with Crippen molar-refractivity contribution in [2.24, 2.45) is 5.92 Å². The Hall–Kier alpha value is -0.530. The molecule has 0 amide bonds. The Morgan fingerprint density at radius 1 is 1.00 bits per heavy atom. The molecule has 1 aromatic carbocycles. The number of benzene rings is 1. The van der Waals surface area contributed by atoms with Crippen molar-refractivity contribution in [1.82, 2.24) is 0 Å². The first-order valence-electron chi connectivity index (χ1n) is 6.35. The van der Waals surface area contributed by atoms with Gasteiger partial charge in [-0.05, 0) is 37.3 Å². The summed E-state index contributed by atoms with van der Waals surface area (Å²) < 4.78 is 1.33. The van der Waals surface area contributed by atoms with Crippen molar-refractivity contribution >= 4 is 11.6 Å². The Balaban J connectivity index is 1.75. The second-order valence-corrected chi connectivity index (χ2v) is 5.97. The Labute approximate surface area is 103 Å². The summed E-state index contributed by atoms with van der Waals surface area (Å²) in [6.07, 6.45) is 4.36. The monoisotopic (exact) mass is 236 g/mol. The van der Waals surface area contributed by atoms with E-state index in [0.29, 0.717) is 0 Å². The maximum absolute atomic E-state index is 5.93. The van der Waals surface area contributed by atoms with Crippen LogP contribution in [0.15, 0.2) is 24.3 Å². The molecule has 2 bridgehead atoms. The molecule has 86 valence electrons. The van der Waals surface area contributed by atoms with Crippen LogP contribution < -0.4 is 0 Å². The van der Waals surface area contributed by atoms with Crippen LogP contribution >= 0.6 is 11.6 Å². The second kappa shape index (κ2) is 4.05. The first-order valence-corrected chi connectivity index (χ1v) is 6.73. The third-order valence-electron chi connectivity index (χ3n) is 4.47. The Kier molecular flexibility index (Phi) is 2.68. The number of quaternary nitrogens is 1. The number of fused-ring (bicyclic) bond motifs is 3. The van der Waals surface area contributed by atoms with Crippen molar-refractivity contribution in [3.8, 4) is 0 Å². The van der Waals surface area contributed by atoms with Gasteiger partial charge in [-0.1, -0.05) is 23.7 Å². The van der Waals surface area contributed by atoms with Gasteiger partial charge in [0.2, 0.25) is 0 Å². The van der Waals surface area contributed by atoms with Gasteiger partial charge in [-0.15, -0.1) is 0 Å². The van der Waals surface area contributed by atoms with Gasteiger partial charge < -0.3 is 4.48 Å². The first-order chi connectivity index (χ1) is 7.76. The van der Waals surface area contributed by atoms with E-state index < -0.39 is 0 Å². The van der Waals surface area contributed by atoms with E-state index in [1.54, 1.807) is 0 Å². The lowest BCUT2D eigenvalue weighted by atomic mass is 9.85. The lowest BCUT2D eigenvalue weighted by Gasteiger charge is -2.49. The lowest BCUT2D eigenvalue weighted by Crippen LogP contribution is -2.57. The average molecular weight is 237 g/mol. The fraction of sp³-hybridized carbons (Fsp3) is 0.571. The molecule has 0 aromatic heterocycles. The van der Waals surface area contributed by atoms with Crippen molar-refractivity contribution in [3.63, 3.8) is 0 Å². The van der Waals surface area contributed by atoms with Gasteiger partial charge in [-0.25, -0.2) is 0 Å². The fourth-order valence-electron chi connectivity index (χ4n) is 3.35. The van der Waals surface area contributed by atoms with E-state index in [9.17, 15) is 0 Å². The standard InChI is InChI=1S/C14H19ClN/c15-14-3-1-13(2-4-14)11-16-8-5-12(6-9-16)7-10-16/h1-4,12H,5-11H2/q+1. The lowest BCUT2D eigenvalue weighted by molar-refractivity contribution is -0.955. The molecule has 0 aliphatic carbocycles. The van der Waals surface area contributed by atoms with E-state index in [0.717, 1.165) is 10.9 Å². The molecule has 1 aromatic rings. The third kappa shape index (κ3) is 1.99. The molecule has 2 heteroatoms. The predicted octanol–water partition coefficient (Wildman–Crippen LogP) is 3.47. The first kappa shape index (κ1) is 10.6. The smallest absolute Gasteiger partial charge is 0.104 e. The van der Waals surface area contributed by atoms with Crippen LogP contribution in [0.3, 0.4) is 0 Å². The average Bonchev–Trinajstić information content (AvgIpc) is 2.34. The number of nitrogens with zero attached hydrogens (tertiary/aromatic N) is 1. The van der Waals surface area contributed by atoms with E-state index in [2.05, 4.69) is 12.1 Å². The summed E-state index contributed by atoms with van der Waals surface area (Å²) >= 11 is 5.93. The largest absolute Gasteiger partial charge is 0.320 e. The minimum Gasteiger partial charge on any atom is -0.320 e. The van der Waals surface area contributed by atoms with Crippen LogP contribution in [0.1, 0.15) is 24.8 Å². The molecule has 0 atom stereocenters. The molecule has 3 fully saturated rings. The highest BCUT2D eigenvalue weighted by molar-refractivity contribution is 6.30. The maximum Gasteiger partial charge on any atom is 0.104 e. The van der Waals surface area contributed by atoms with Crippen LogP contribution in [-0.4, -0.2) is 24.1 Å². The van der Waals surface area contributed by atoms with Gasteiger partial charge in [0, 0.05) is 10.6 Å². The summed E-state index contributed by atoms with van der Waals surface area (Å²) in [6.45, 7) is 5.40. The highest BCUT2D eigenvalue weighted by Gasteiger charge is 2.39. The van der Waals surface area contributed by atoms with Gasteiger partial charge in [0.25, 0.3) is 0 Å². The summed E-state index contributed by atoms with van der Waals surface area (Å²) in [5.74, 6) is 1.05. The van der Waals surface area contributed by atoms with Crippen LogP contribution in [-0.2, 0) is 6.54 Å². The van der Waals surface area contributed by atoms with Gasteiger partial charge in [-0.2, -0.15) is 0 Å². The minimum atomic E-state index is 0.848. The van der Waals surface area contributed by atoms with Crippen LogP contribution in [0.2, 0.25) is 5.02 Å². The molecule has 0 radical (unpaired) electrons. The summed E-state index contributed by atoms with van der Waals surface area (Å²) in [4.78, 5) is 0. The highest BCUT2D eigenvalue weighted by atomic mass is 35.5. The predicted molar refractivity (Wildman–Crippen MR) is 67.4 cm³/mol. The topological polar surface area (TPSA) is 0 Å². The maximum atomic E-state index is 5.93. The molecule has 0 spiro atoms. The molecule has 1 nitrogen and oxygen atoms in total. The van der Waals surface area contributed by atoms with Gasteiger partial charge in [0.05, 0.1) is 19.6 Å². The van der Waals surface area contributed by atoms with Gasteiger partial charge in [0.15, 0.2) is 0 Å². The van der Waals surface area contributed by atoms with Crippen molar-refractivity contribution in [1.29, 1.82) is 0 Å². The number of halogens is 1. The van der Waals surface area contributed by atoms with Crippen LogP contribution in [0.25, 0.3) is 0 Å². The molecular weight excluding hydrogens is 218 g/mol. The quantitative estimate of drug-likeness (QED) is 0.690. The molecule has 3 heterocycles. The third-order valence-corrected chi connectivity index (χ3v) is 4.72. The van der Waals surface area contributed by atoms with Crippen molar-refractivity contribution in [3.05, 3.63) is 34.9 Å². The number of piperidine rings is 3. The zero-order valence-electron chi connectivity index (χ0n) is 9.66. The Morgan fingerprint density at radius 2 is 1.56 bits per heavy atom. The zero-order chi connectivity index (χ0) is 11.0. The molecule has 3 saturated heterocycles. The molecule has 0 unspecified atom stereocenters. The van der Waals surface area contributed by atoms with E-state index in [4.69, 9.17) is 11.6 Å². The van der Waals surface area contributed by atoms with Gasteiger partial charge in [0.1, 0.15) is 6.54 Å². The van der Waals surface area contributed by atoms with Crippen LogP contribution in [0.4, 0.5) is 0 Å². The second-order valence-electron chi connectivity index (χ2n) is 5.53. The summed E-state index contributed by atoms with van der Waals surface area (Å²) in [5, 5.41) is 0.848. The zero-order valence-corrected chi connectivity index (χ0v) is 10.4. The summed E-state index contributed by atoms with van der Waals surface area (Å²) in [7, 11) is 0. The molecule has 0 saturated carbocycles. The van der Waals surface area contributed by atoms with Crippen molar-refractivity contribution in [2.45, 2.75) is 25.8 Å². The van der Waals surface area contributed by atoms with Gasteiger partial charge in [-0.3, -0.25) is 0 Å². The van der Waals surface area contributed by atoms with Crippen LogP contribution in [0, 0.1) is 5.92 Å². The van der Waals surface area contributed by atoms with E-state index in [-0.39, 0.29) is 0 Å². The number of hydrogen-bond acceptors (Lipinski definition) is 0.